The van der Waals surface area contributed by atoms with Gasteiger partial charge in [0, 0.05) is 17.0 Å². The van der Waals surface area contributed by atoms with Gasteiger partial charge in [-0.3, -0.25) is 9.78 Å². The standard InChI is InChI=1S/C17H25N5O5S2/c1-9-10(12(23)20-14(24)18-9)8-29-16-22-21-13(26-16)11(6-7-28-5)19-15(25)27-17(2,3)4/h11H,6-8H2,1-5H3,(H,19,25)(H2,18,20,23,24). The number of amides is 1. The molecule has 160 valence electrons. The number of aromatic nitrogens is 4. The van der Waals surface area contributed by atoms with Gasteiger partial charge in [0.05, 0.1) is 0 Å². The third kappa shape index (κ3) is 7.28. The summed E-state index contributed by atoms with van der Waals surface area (Å²) in [6, 6.07) is -0.489. The second kappa shape index (κ2) is 10.0. The van der Waals surface area contributed by atoms with Crippen LogP contribution in [-0.2, 0) is 10.5 Å². The summed E-state index contributed by atoms with van der Waals surface area (Å²) in [5, 5.41) is 11.0. The number of alkyl carbamates (subject to hydrolysis) is 1. The van der Waals surface area contributed by atoms with E-state index in [0.29, 0.717) is 17.7 Å². The number of thioether (sulfide) groups is 2. The Morgan fingerprint density at radius 3 is 2.62 bits per heavy atom. The van der Waals surface area contributed by atoms with Crippen LogP contribution in [0.25, 0.3) is 0 Å². The van der Waals surface area contributed by atoms with Crippen LogP contribution in [0.3, 0.4) is 0 Å². The molecule has 0 aliphatic rings. The number of rotatable bonds is 8. The zero-order chi connectivity index (χ0) is 21.6. The third-order valence-corrected chi connectivity index (χ3v) is 5.11. The minimum absolute atomic E-state index is 0.245. The maximum atomic E-state index is 12.1. The van der Waals surface area contributed by atoms with Crippen molar-refractivity contribution in [3.05, 3.63) is 38.0 Å². The largest absolute Gasteiger partial charge is 0.444 e. The van der Waals surface area contributed by atoms with Gasteiger partial charge in [0.1, 0.15) is 11.6 Å². The van der Waals surface area contributed by atoms with E-state index in [-0.39, 0.29) is 16.9 Å². The number of hydrogen-bond acceptors (Lipinski definition) is 9. The second-order valence-electron chi connectivity index (χ2n) is 7.19. The Morgan fingerprint density at radius 2 is 2.00 bits per heavy atom. The van der Waals surface area contributed by atoms with E-state index in [2.05, 4.69) is 25.5 Å². The number of carbonyl (C=O) groups is 1. The zero-order valence-electron chi connectivity index (χ0n) is 17.0. The fourth-order valence-corrected chi connectivity index (χ4v) is 3.63. The van der Waals surface area contributed by atoms with E-state index in [9.17, 15) is 14.4 Å². The van der Waals surface area contributed by atoms with Crippen molar-refractivity contribution in [1.29, 1.82) is 0 Å². The van der Waals surface area contributed by atoms with E-state index in [0.717, 1.165) is 5.75 Å². The molecule has 1 atom stereocenters. The van der Waals surface area contributed by atoms with Gasteiger partial charge in [-0.05, 0) is 46.1 Å². The van der Waals surface area contributed by atoms with E-state index in [1.165, 1.54) is 11.8 Å². The molecule has 0 aromatic carbocycles. The number of H-pyrrole nitrogens is 2. The highest BCUT2D eigenvalue weighted by Crippen LogP contribution is 2.25. The van der Waals surface area contributed by atoms with Crippen LogP contribution in [0.4, 0.5) is 4.79 Å². The van der Waals surface area contributed by atoms with Crippen LogP contribution in [0.1, 0.15) is 50.4 Å². The molecule has 0 aliphatic carbocycles. The Labute approximate surface area is 176 Å². The van der Waals surface area contributed by atoms with Crippen LogP contribution in [-0.4, -0.2) is 43.9 Å². The van der Waals surface area contributed by atoms with Gasteiger partial charge < -0.3 is 19.5 Å². The molecule has 2 aromatic rings. The van der Waals surface area contributed by atoms with Crippen LogP contribution in [0.2, 0.25) is 0 Å². The Kier molecular flexibility index (Phi) is 7.96. The summed E-state index contributed by atoms with van der Waals surface area (Å²) in [5.41, 5.74) is -0.726. The lowest BCUT2D eigenvalue weighted by Crippen LogP contribution is -2.35. The normalized spacial score (nSPS) is 12.6. The highest BCUT2D eigenvalue weighted by molar-refractivity contribution is 7.98. The molecule has 10 nitrogen and oxygen atoms in total. The van der Waals surface area contributed by atoms with Crippen molar-refractivity contribution in [2.75, 3.05) is 12.0 Å². The van der Waals surface area contributed by atoms with Gasteiger partial charge in [0.25, 0.3) is 10.8 Å². The van der Waals surface area contributed by atoms with Gasteiger partial charge >= 0.3 is 11.8 Å². The molecule has 0 spiro atoms. The summed E-state index contributed by atoms with van der Waals surface area (Å²) in [6.45, 7) is 7.00. The van der Waals surface area contributed by atoms with Crippen LogP contribution >= 0.6 is 23.5 Å². The van der Waals surface area contributed by atoms with E-state index in [1.807, 2.05) is 6.26 Å². The molecule has 2 rings (SSSR count). The monoisotopic (exact) mass is 443 g/mol. The molecule has 0 radical (unpaired) electrons. The van der Waals surface area contributed by atoms with Crippen molar-refractivity contribution < 1.29 is 13.9 Å². The van der Waals surface area contributed by atoms with Crippen molar-refractivity contribution in [2.45, 2.75) is 56.7 Å². The Hall–Kier alpha value is -2.21. The van der Waals surface area contributed by atoms with Crippen molar-refractivity contribution in [1.82, 2.24) is 25.5 Å². The number of hydrogen-bond donors (Lipinski definition) is 3. The second-order valence-corrected chi connectivity index (χ2v) is 9.10. The SMILES string of the molecule is CSCCC(NC(=O)OC(C)(C)C)c1nnc(SCc2c(C)[nH]c(=O)[nH]c2=O)o1. The first-order chi connectivity index (χ1) is 13.6. The zero-order valence-corrected chi connectivity index (χ0v) is 18.6. The maximum Gasteiger partial charge on any atom is 0.408 e. The van der Waals surface area contributed by atoms with E-state index < -0.39 is 29.0 Å². The Bertz CT molecular complexity index is 947. The minimum atomic E-state index is -0.619. The Balaban J connectivity index is 2.08. The van der Waals surface area contributed by atoms with Gasteiger partial charge in [-0.25, -0.2) is 9.59 Å². The molecule has 2 aromatic heterocycles. The summed E-state index contributed by atoms with van der Waals surface area (Å²) in [5.74, 6) is 1.28. The average Bonchev–Trinajstić information content (AvgIpc) is 3.04. The highest BCUT2D eigenvalue weighted by Gasteiger charge is 2.24. The lowest BCUT2D eigenvalue weighted by Gasteiger charge is -2.22. The van der Waals surface area contributed by atoms with Gasteiger partial charge in [0.15, 0.2) is 0 Å². The average molecular weight is 444 g/mol. The number of aromatic amines is 2. The topological polar surface area (TPSA) is 143 Å². The molecule has 3 N–H and O–H groups in total. The number of ether oxygens (including phenoxy) is 1. The molecule has 1 amide bonds. The van der Waals surface area contributed by atoms with Gasteiger partial charge in [-0.1, -0.05) is 11.8 Å². The molecule has 29 heavy (non-hydrogen) atoms. The predicted octanol–water partition coefficient (Wildman–Crippen LogP) is 2.37. The lowest BCUT2D eigenvalue weighted by atomic mass is 10.2. The van der Waals surface area contributed by atoms with Crippen molar-refractivity contribution in [3.63, 3.8) is 0 Å². The fraction of sp³-hybridized carbons (Fsp3) is 0.588. The summed E-state index contributed by atoms with van der Waals surface area (Å²) in [6.07, 6.45) is 1.99. The van der Waals surface area contributed by atoms with Crippen LogP contribution in [0.5, 0.6) is 0 Å². The molecule has 0 fully saturated rings. The Morgan fingerprint density at radius 1 is 1.28 bits per heavy atom. The van der Waals surface area contributed by atoms with Crippen molar-refractivity contribution in [2.24, 2.45) is 0 Å². The van der Waals surface area contributed by atoms with Crippen molar-refractivity contribution in [3.8, 4) is 0 Å². The van der Waals surface area contributed by atoms with Gasteiger partial charge in [0.2, 0.25) is 5.89 Å². The first kappa shape index (κ1) is 23.1. The van der Waals surface area contributed by atoms with Crippen LogP contribution in [0, 0.1) is 6.92 Å². The minimum Gasteiger partial charge on any atom is -0.444 e. The highest BCUT2D eigenvalue weighted by atomic mass is 32.2. The first-order valence-corrected chi connectivity index (χ1v) is 11.2. The van der Waals surface area contributed by atoms with E-state index >= 15 is 0 Å². The number of nitrogens with zero attached hydrogens (tertiary/aromatic N) is 2. The molecule has 0 aliphatic heterocycles. The number of aryl methyl sites for hydroxylation is 1. The molecule has 2 heterocycles. The molecule has 0 saturated heterocycles. The smallest absolute Gasteiger partial charge is 0.408 e. The third-order valence-electron chi connectivity index (χ3n) is 3.62. The fourth-order valence-electron chi connectivity index (χ4n) is 2.30. The summed E-state index contributed by atoms with van der Waals surface area (Å²) in [4.78, 5) is 40.1. The quantitative estimate of drug-likeness (QED) is 0.524. The van der Waals surface area contributed by atoms with E-state index in [1.54, 1.807) is 39.5 Å². The van der Waals surface area contributed by atoms with Gasteiger partial charge in [-0.2, -0.15) is 11.8 Å². The summed E-state index contributed by atoms with van der Waals surface area (Å²) >= 11 is 2.80. The number of carbonyl (C=O) groups excluding carboxylic acids is 1. The van der Waals surface area contributed by atoms with Crippen LogP contribution in [0.15, 0.2) is 19.2 Å². The van der Waals surface area contributed by atoms with Crippen molar-refractivity contribution >= 4 is 29.6 Å². The number of nitrogens with one attached hydrogen (secondary N) is 3. The van der Waals surface area contributed by atoms with E-state index in [4.69, 9.17) is 9.15 Å². The molecular formula is C17H25N5O5S2. The lowest BCUT2D eigenvalue weighted by molar-refractivity contribution is 0.0493. The molecule has 1 unspecified atom stereocenters. The summed E-state index contributed by atoms with van der Waals surface area (Å²) in [7, 11) is 0. The molecular weight excluding hydrogens is 418 g/mol. The van der Waals surface area contributed by atoms with Crippen LogP contribution < -0.4 is 16.6 Å². The molecule has 0 bridgehead atoms. The first-order valence-electron chi connectivity index (χ1n) is 8.85. The maximum absolute atomic E-state index is 12.1. The molecule has 0 saturated carbocycles. The summed E-state index contributed by atoms with van der Waals surface area (Å²) < 4.78 is 11.0. The van der Waals surface area contributed by atoms with Gasteiger partial charge in [-0.15, -0.1) is 10.2 Å². The predicted molar refractivity (Wildman–Crippen MR) is 111 cm³/mol. The molecule has 12 heteroatoms.